The molecule has 1 rings (SSSR count). The second kappa shape index (κ2) is 8.25. The molecule has 0 aromatic heterocycles. The lowest BCUT2D eigenvalue weighted by Crippen LogP contribution is -2.37. The number of halogens is 2. The largest absolute Gasteiger partial charge is 0.334 e. The Hall–Kier alpha value is -1.26. The summed E-state index contributed by atoms with van der Waals surface area (Å²) in [5, 5.41) is 3.57. The van der Waals surface area contributed by atoms with Gasteiger partial charge in [-0.1, -0.05) is 37.0 Å². The van der Waals surface area contributed by atoms with Gasteiger partial charge in [0.15, 0.2) is 0 Å². The van der Waals surface area contributed by atoms with Crippen molar-refractivity contribution < 1.29 is 9.59 Å². The van der Waals surface area contributed by atoms with Gasteiger partial charge in [-0.2, -0.15) is 0 Å². The smallest absolute Gasteiger partial charge is 0.244 e. The number of carbonyl (C=O) groups excluding carboxylic acids is 2. The van der Waals surface area contributed by atoms with Crippen LogP contribution in [0.3, 0.4) is 0 Å². The maximum Gasteiger partial charge on any atom is 0.244 e. The normalized spacial score (nSPS) is 10.6. The number of benzene rings is 1. The van der Waals surface area contributed by atoms with Gasteiger partial charge in [0.25, 0.3) is 0 Å². The Kier molecular flexibility index (Phi) is 6.99. The van der Waals surface area contributed by atoms with Crippen LogP contribution in [-0.2, 0) is 9.59 Å². The summed E-state index contributed by atoms with van der Waals surface area (Å²) in [5.41, 5.74) is 0.446. The standard InChI is InChI=1S/C15H20Cl2N2O2/c1-10(2)6-7-19(11(3)20)9-15(21)18-14-8-12(16)4-5-13(14)17/h4-5,8,10H,6-7,9H2,1-3H3,(H,18,21). The van der Waals surface area contributed by atoms with Crippen LogP contribution in [0.1, 0.15) is 27.2 Å². The molecule has 2 amide bonds. The molecule has 1 aromatic rings. The highest BCUT2D eigenvalue weighted by Gasteiger charge is 2.15. The zero-order chi connectivity index (χ0) is 16.0. The van der Waals surface area contributed by atoms with Crippen molar-refractivity contribution in [3.05, 3.63) is 28.2 Å². The van der Waals surface area contributed by atoms with E-state index in [2.05, 4.69) is 19.2 Å². The SMILES string of the molecule is CC(=O)N(CCC(C)C)CC(=O)Nc1cc(Cl)ccc1Cl. The summed E-state index contributed by atoms with van der Waals surface area (Å²) in [4.78, 5) is 25.1. The lowest BCUT2D eigenvalue weighted by molar-refractivity contribution is -0.132. The molecule has 0 heterocycles. The molecule has 0 fully saturated rings. The van der Waals surface area contributed by atoms with E-state index >= 15 is 0 Å². The molecule has 0 saturated carbocycles. The van der Waals surface area contributed by atoms with Crippen LogP contribution in [-0.4, -0.2) is 29.8 Å². The first kappa shape index (κ1) is 17.8. The van der Waals surface area contributed by atoms with Gasteiger partial charge >= 0.3 is 0 Å². The first-order valence-corrected chi connectivity index (χ1v) is 7.55. The molecule has 0 atom stereocenters. The highest BCUT2D eigenvalue weighted by Crippen LogP contribution is 2.25. The van der Waals surface area contributed by atoms with Crippen molar-refractivity contribution in [2.75, 3.05) is 18.4 Å². The van der Waals surface area contributed by atoms with Crippen molar-refractivity contribution in [1.29, 1.82) is 0 Å². The maximum atomic E-state index is 12.0. The van der Waals surface area contributed by atoms with Gasteiger partial charge in [0.2, 0.25) is 11.8 Å². The fourth-order valence-electron chi connectivity index (χ4n) is 1.72. The van der Waals surface area contributed by atoms with E-state index in [1.165, 1.54) is 11.8 Å². The molecule has 0 saturated heterocycles. The minimum atomic E-state index is -0.293. The lowest BCUT2D eigenvalue weighted by atomic mass is 10.1. The number of rotatable bonds is 6. The molecule has 4 nitrogen and oxygen atoms in total. The second-order valence-electron chi connectivity index (χ2n) is 5.30. The molecule has 0 unspecified atom stereocenters. The molecule has 1 aromatic carbocycles. The van der Waals surface area contributed by atoms with Crippen molar-refractivity contribution in [3.63, 3.8) is 0 Å². The third kappa shape index (κ3) is 6.36. The van der Waals surface area contributed by atoms with Crippen LogP contribution in [0.4, 0.5) is 5.69 Å². The minimum Gasteiger partial charge on any atom is -0.334 e. The van der Waals surface area contributed by atoms with Crippen molar-refractivity contribution >= 4 is 40.7 Å². The van der Waals surface area contributed by atoms with Gasteiger partial charge in [-0.05, 0) is 30.5 Å². The number of nitrogens with one attached hydrogen (secondary N) is 1. The second-order valence-corrected chi connectivity index (χ2v) is 6.14. The van der Waals surface area contributed by atoms with Crippen molar-refractivity contribution in [1.82, 2.24) is 4.90 Å². The molecule has 0 spiro atoms. The van der Waals surface area contributed by atoms with Crippen LogP contribution in [0.25, 0.3) is 0 Å². The Bertz CT molecular complexity index is 518. The number of anilines is 1. The number of hydrogen-bond acceptors (Lipinski definition) is 2. The molecule has 0 aliphatic carbocycles. The third-order valence-corrected chi connectivity index (χ3v) is 3.52. The fourth-order valence-corrected chi connectivity index (χ4v) is 2.06. The summed E-state index contributed by atoms with van der Waals surface area (Å²) in [6.07, 6.45) is 0.852. The quantitative estimate of drug-likeness (QED) is 0.861. The van der Waals surface area contributed by atoms with E-state index in [0.717, 1.165) is 6.42 Å². The Labute approximate surface area is 135 Å². The average Bonchev–Trinajstić information content (AvgIpc) is 2.38. The van der Waals surface area contributed by atoms with E-state index in [4.69, 9.17) is 23.2 Å². The van der Waals surface area contributed by atoms with Gasteiger partial charge in [-0.15, -0.1) is 0 Å². The van der Waals surface area contributed by atoms with Crippen LogP contribution in [0.2, 0.25) is 10.0 Å². The summed E-state index contributed by atoms with van der Waals surface area (Å²) in [6.45, 7) is 6.17. The molecule has 0 aliphatic rings. The highest BCUT2D eigenvalue weighted by molar-refractivity contribution is 6.35. The molecule has 0 radical (unpaired) electrons. The van der Waals surface area contributed by atoms with Gasteiger partial charge in [0.1, 0.15) is 0 Å². The Balaban J connectivity index is 2.65. The van der Waals surface area contributed by atoms with Crippen LogP contribution >= 0.6 is 23.2 Å². The van der Waals surface area contributed by atoms with Gasteiger partial charge in [-0.3, -0.25) is 9.59 Å². The minimum absolute atomic E-state index is 0.00486. The van der Waals surface area contributed by atoms with Gasteiger partial charge < -0.3 is 10.2 Å². The summed E-state index contributed by atoms with van der Waals surface area (Å²) < 4.78 is 0. The van der Waals surface area contributed by atoms with Gasteiger partial charge in [-0.25, -0.2) is 0 Å². The Morgan fingerprint density at radius 1 is 1.29 bits per heavy atom. The molecular formula is C15H20Cl2N2O2. The van der Waals surface area contributed by atoms with Crippen molar-refractivity contribution in [2.24, 2.45) is 5.92 Å². The van der Waals surface area contributed by atoms with Gasteiger partial charge in [0, 0.05) is 18.5 Å². The van der Waals surface area contributed by atoms with Crippen molar-refractivity contribution in [2.45, 2.75) is 27.2 Å². The predicted octanol–water partition coefficient (Wildman–Crippen LogP) is 3.83. The van der Waals surface area contributed by atoms with E-state index in [-0.39, 0.29) is 18.4 Å². The fraction of sp³-hybridized carbons (Fsp3) is 0.467. The van der Waals surface area contributed by atoms with E-state index in [0.29, 0.717) is 28.2 Å². The predicted molar refractivity (Wildman–Crippen MR) is 86.8 cm³/mol. The summed E-state index contributed by atoms with van der Waals surface area (Å²) >= 11 is 11.9. The number of hydrogen-bond donors (Lipinski definition) is 1. The molecule has 21 heavy (non-hydrogen) atoms. The zero-order valence-electron chi connectivity index (χ0n) is 12.5. The molecule has 0 aliphatic heterocycles. The maximum absolute atomic E-state index is 12.0. The molecule has 1 N–H and O–H groups in total. The zero-order valence-corrected chi connectivity index (χ0v) is 14.0. The summed E-state index contributed by atoms with van der Waals surface area (Å²) in [7, 11) is 0. The summed E-state index contributed by atoms with van der Waals surface area (Å²) in [5.74, 6) is 0.0541. The van der Waals surface area contributed by atoms with E-state index in [1.54, 1.807) is 18.2 Å². The van der Waals surface area contributed by atoms with Crippen LogP contribution in [0.15, 0.2) is 18.2 Å². The van der Waals surface area contributed by atoms with Crippen LogP contribution in [0, 0.1) is 5.92 Å². The number of amides is 2. The summed E-state index contributed by atoms with van der Waals surface area (Å²) in [6, 6.07) is 4.83. The van der Waals surface area contributed by atoms with Crippen molar-refractivity contribution in [3.8, 4) is 0 Å². The van der Waals surface area contributed by atoms with Gasteiger partial charge in [0.05, 0.1) is 17.3 Å². The van der Waals surface area contributed by atoms with Crippen LogP contribution in [0.5, 0.6) is 0 Å². The monoisotopic (exact) mass is 330 g/mol. The number of nitrogens with zero attached hydrogens (tertiary/aromatic N) is 1. The molecule has 116 valence electrons. The molecule has 0 bridgehead atoms. The first-order valence-electron chi connectivity index (χ1n) is 6.80. The highest BCUT2D eigenvalue weighted by atomic mass is 35.5. The van der Waals surface area contributed by atoms with E-state index < -0.39 is 0 Å². The molecular weight excluding hydrogens is 311 g/mol. The van der Waals surface area contributed by atoms with E-state index in [9.17, 15) is 9.59 Å². The first-order chi connectivity index (χ1) is 9.79. The molecule has 6 heteroatoms. The van der Waals surface area contributed by atoms with Crippen LogP contribution < -0.4 is 5.32 Å². The van der Waals surface area contributed by atoms with E-state index in [1.807, 2.05) is 0 Å². The number of carbonyl (C=O) groups is 2. The third-order valence-electron chi connectivity index (χ3n) is 2.96. The topological polar surface area (TPSA) is 49.4 Å². The lowest BCUT2D eigenvalue weighted by Gasteiger charge is -2.21. The average molecular weight is 331 g/mol. The Morgan fingerprint density at radius 3 is 2.52 bits per heavy atom. The Morgan fingerprint density at radius 2 is 1.95 bits per heavy atom.